The van der Waals surface area contributed by atoms with E-state index in [9.17, 15) is 9.59 Å². The minimum Gasteiger partial charge on any atom is -0.497 e. The zero-order chi connectivity index (χ0) is 21.5. The Kier molecular flexibility index (Phi) is 4.82. The molecule has 0 spiro atoms. The fourth-order valence-corrected chi connectivity index (χ4v) is 4.36. The molecule has 4 aromatic rings. The van der Waals surface area contributed by atoms with Crippen molar-refractivity contribution in [3.63, 3.8) is 0 Å². The predicted octanol–water partition coefficient (Wildman–Crippen LogP) is 4.70. The Balaban J connectivity index is 1.75. The van der Waals surface area contributed by atoms with E-state index in [4.69, 9.17) is 9.15 Å². The summed E-state index contributed by atoms with van der Waals surface area (Å²) in [6.07, 6.45) is 3.39. The van der Waals surface area contributed by atoms with Crippen molar-refractivity contribution in [3.8, 4) is 5.75 Å². The fourth-order valence-electron chi connectivity index (χ4n) is 4.00. The summed E-state index contributed by atoms with van der Waals surface area (Å²) in [6.45, 7) is 0.290. The van der Waals surface area contributed by atoms with Crippen LogP contribution in [0.3, 0.4) is 0 Å². The SMILES string of the molecule is COc1cccc(C2c3c(oc4ccc(Br)cc4c3=O)C(=O)N2Cc2cccnc2)c1. The lowest BCUT2D eigenvalue weighted by Gasteiger charge is -2.25. The highest BCUT2D eigenvalue weighted by Gasteiger charge is 2.42. The van der Waals surface area contributed by atoms with Crippen molar-refractivity contribution in [2.24, 2.45) is 0 Å². The van der Waals surface area contributed by atoms with E-state index < -0.39 is 6.04 Å². The second-order valence-corrected chi connectivity index (χ2v) is 8.20. The summed E-state index contributed by atoms with van der Waals surface area (Å²) in [6, 6.07) is 15.7. The zero-order valence-corrected chi connectivity index (χ0v) is 18.1. The number of benzene rings is 2. The summed E-state index contributed by atoms with van der Waals surface area (Å²) in [7, 11) is 1.58. The fraction of sp³-hybridized carbons (Fsp3) is 0.125. The number of carbonyl (C=O) groups excluding carboxylic acids is 1. The molecule has 6 nitrogen and oxygen atoms in total. The molecule has 0 N–H and O–H groups in total. The Bertz CT molecular complexity index is 1370. The standard InChI is InChI=1S/C24H17BrN2O4/c1-30-17-6-2-5-15(10-17)21-20-22(28)18-11-16(25)7-8-19(18)31-23(20)24(29)27(21)13-14-4-3-9-26-12-14/h2-12,21H,13H2,1H3. The molecular formula is C24H17BrN2O4. The van der Waals surface area contributed by atoms with E-state index in [2.05, 4.69) is 20.9 Å². The molecule has 0 radical (unpaired) electrons. The number of carbonyl (C=O) groups is 1. The quantitative estimate of drug-likeness (QED) is 0.426. The van der Waals surface area contributed by atoms with E-state index in [0.717, 1.165) is 15.6 Å². The molecule has 0 saturated heterocycles. The van der Waals surface area contributed by atoms with Crippen molar-refractivity contribution >= 4 is 32.8 Å². The number of aromatic nitrogens is 1. The predicted molar refractivity (Wildman–Crippen MR) is 119 cm³/mol. The van der Waals surface area contributed by atoms with Gasteiger partial charge < -0.3 is 14.1 Å². The summed E-state index contributed by atoms with van der Waals surface area (Å²) in [5.41, 5.74) is 2.14. The first-order valence-electron chi connectivity index (χ1n) is 9.67. The molecule has 2 aromatic heterocycles. The maximum atomic E-state index is 13.6. The van der Waals surface area contributed by atoms with Gasteiger partial charge in [-0.25, -0.2) is 0 Å². The summed E-state index contributed by atoms with van der Waals surface area (Å²) < 4.78 is 12.1. The second-order valence-electron chi connectivity index (χ2n) is 7.29. The number of hydrogen-bond acceptors (Lipinski definition) is 5. The smallest absolute Gasteiger partial charge is 0.291 e. The molecular weight excluding hydrogens is 460 g/mol. The third-order valence-corrected chi connectivity index (χ3v) is 5.91. The number of pyridine rings is 1. The lowest BCUT2D eigenvalue weighted by molar-refractivity contribution is 0.0714. The van der Waals surface area contributed by atoms with Gasteiger partial charge in [0.2, 0.25) is 5.76 Å². The minimum absolute atomic E-state index is 0.0801. The van der Waals surface area contributed by atoms with Crippen LogP contribution in [0.25, 0.3) is 11.0 Å². The van der Waals surface area contributed by atoms with Crippen LogP contribution in [0.5, 0.6) is 5.75 Å². The monoisotopic (exact) mass is 476 g/mol. The van der Waals surface area contributed by atoms with Crippen LogP contribution in [0.2, 0.25) is 0 Å². The average molecular weight is 477 g/mol. The van der Waals surface area contributed by atoms with Crippen molar-refractivity contribution in [2.45, 2.75) is 12.6 Å². The first-order valence-corrected chi connectivity index (χ1v) is 10.5. The number of hydrogen-bond donors (Lipinski definition) is 0. The van der Waals surface area contributed by atoms with Crippen LogP contribution in [0, 0.1) is 0 Å². The van der Waals surface area contributed by atoms with Gasteiger partial charge in [-0.15, -0.1) is 0 Å². The maximum absolute atomic E-state index is 13.6. The number of methoxy groups -OCH3 is 1. The molecule has 5 rings (SSSR count). The van der Waals surface area contributed by atoms with E-state index in [1.165, 1.54) is 0 Å². The van der Waals surface area contributed by atoms with Crippen molar-refractivity contribution in [3.05, 3.63) is 104 Å². The first kappa shape index (κ1) is 19.5. The van der Waals surface area contributed by atoms with Crippen molar-refractivity contribution < 1.29 is 13.9 Å². The molecule has 154 valence electrons. The number of nitrogens with zero attached hydrogens (tertiary/aromatic N) is 2. The van der Waals surface area contributed by atoms with Crippen LogP contribution >= 0.6 is 15.9 Å². The number of fused-ring (bicyclic) bond motifs is 2. The normalized spacial score (nSPS) is 15.4. The maximum Gasteiger partial charge on any atom is 0.291 e. The molecule has 1 amide bonds. The first-order chi connectivity index (χ1) is 15.1. The average Bonchev–Trinajstić information content (AvgIpc) is 3.07. The summed E-state index contributed by atoms with van der Waals surface area (Å²) in [5.74, 6) is 0.401. The molecule has 1 atom stereocenters. The van der Waals surface area contributed by atoms with Gasteiger partial charge in [0.1, 0.15) is 11.3 Å². The largest absolute Gasteiger partial charge is 0.497 e. The lowest BCUT2D eigenvalue weighted by Crippen LogP contribution is -2.29. The van der Waals surface area contributed by atoms with Crippen LogP contribution in [0.1, 0.15) is 33.3 Å². The van der Waals surface area contributed by atoms with Crippen LogP contribution in [0.4, 0.5) is 0 Å². The van der Waals surface area contributed by atoms with Crippen LogP contribution in [0.15, 0.2) is 80.7 Å². The van der Waals surface area contributed by atoms with Crippen molar-refractivity contribution in [2.75, 3.05) is 7.11 Å². The van der Waals surface area contributed by atoms with E-state index in [1.54, 1.807) is 42.6 Å². The van der Waals surface area contributed by atoms with Crippen LogP contribution in [-0.2, 0) is 6.54 Å². The zero-order valence-electron chi connectivity index (χ0n) is 16.5. The molecule has 7 heteroatoms. The van der Waals surface area contributed by atoms with Gasteiger partial charge in [-0.3, -0.25) is 14.6 Å². The molecule has 2 aromatic carbocycles. The second kappa shape index (κ2) is 7.67. The van der Waals surface area contributed by atoms with Gasteiger partial charge >= 0.3 is 0 Å². The molecule has 1 unspecified atom stereocenters. The molecule has 1 aliphatic rings. The van der Waals surface area contributed by atoms with Crippen LogP contribution in [-0.4, -0.2) is 22.9 Å². The molecule has 1 aliphatic heterocycles. The molecule has 0 aliphatic carbocycles. The molecule has 3 heterocycles. The Morgan fingerprint density at radius 1 is 1.13 bits per heavy atom. The highest BCUT2D eigenvalue weighted by molar-refractivity contribution is 9.10. The van der Waals surface area contributed by atoms with Crippen molar-refractivity contribution in [1.29, 1.82) is 0 Å². The van der Waals surface area contributed by atoms with Gasteiger partial charge in [0, 0.05) is 23.4 Å². The highest BCUT2D eigenvalue weighted by atomic mass is 79.9. The lowest BCUT2D eigenvalue weighted by atomic mass is 9.98. The Hall–Kier alpha value is -3.45. The van der Waals surface area contributed by atoms with E-state index >= 15 is 0 Å². The van der Waals surface area contributed by atoms with Gasteiger partial charge in [-0.2, -0.15) is 0 Å². The summed E-state index contributed by atoms with van der Waals surface area (Å²) in [4.78, 5) is 32.8. The Morgan fingerprint density at radius 2 is 2.00 bits per heavy atom. The number of amides is 1. The highest BCUT2D eigenvalue weighted by Crippen LogP contribution is 2.40. The number of halogens is 1. The van der Waals surface area contributed by atoms with E-state index in [0.29, 0.717) is 22.3 Å². The molecule has 0 fully saturated rings. The molecule has 31 heavy (non-hydrogen) atoms. The van der Waals surface area contributed by atoms with Gasteiger partial charge in [-0.05, 0) is 47.5 Å². The van der Waals surface area contributed by atoms with Gasteiger partial charge in [0.05, 0.1) is 24.1 Å². The molecule has 0 bridgehead atoms. The van der Waals surface area contributed by atoms with Gasteiger partial charge in [-0.1, -0.05) is 34.1 Å². The Labute approximate surface area is 186 Å². The minimum atomic E-state index is -0.600. The van der Waals surface area contributed by atoms with Gasteiger partial charge in [0.15, 0.2) is 5.43 Å². The number of ether oxygens (including phenoxy) is 1. The topological polar surface area (TPSA) is 72.6 Å². The number of rotatable bonds is 4. The summed E-state index contributed by atoms with van der Waals surface area (Å²) >= 11 is 3.41. The van der Waals surface area contributed by atoms with E-state index in [1.807, 2.05) is 36.4 Å². The third kappa shape index (κ3) is 3.31. The Morgan fingerprint density at radius 3 is 2.77 bits per heavy atom. The molecule has 0 saturated carbocycles. The third-order valence-electron chi connectivity index (χ3n) is 5.41. The van der Waals surface area contributed by atoms with Crippen molar-refractivity contribution in [1.82, 2.24) is 9.88 Å². The van der Waals surface area contributed by atoms with Gasteiger partial charge in [0.25, 0.3) is 5.91 Å². The van der Waals surface area contributed by atoms with E-state index in [-0.39, 0.29) is 23.6 Å². The summed E-state index contributed by atoms with van der Waals surface area (Å²) in [5, 5.41) is 0.428. The van der Waals surface area contributed by atoms with Crippen LogP contribution < -0.4 is 10.2 Å².